The Kier molecular flexibility index (Phi) is 4.25. The first-order valence-corrected chi connectivity index (χ1v) is 9.25. The average Bonchev–Trinajstić information content (AvgIpc) is 2.89. The molecule has 0 radical (unpaired) electrons. The van der Waals surface area contributed by atoms with E-state index >= 15 is 0 Å². The molecule has 1 aliphatic heterocycles. The van der Waals surface area contributed by atoms with Crippen LogP contribution in [0.2, 0.25) is 0 Å². The molecule has 1 atom stereocenters. The highest BCUT2D eigenvalue weighted by molar-refractivity contribution is 7.80. The lowest BCUT2D eigenvalue weighted by atomic mass is 9.74. The summed E-state index contributed by atoms with van der Waals surface area (Å²) < 4.78 is 5.27. The third kappa shape index (κ3) is 2.56. The number of nitriles is 1. The van der Waals surface area contributed by atoms with Crippen molar-refractivity contribution in [2.45, 2.75) is 38.0 Å². The summed E-state index contributed by atoms with van der Waals surface area (Å²) in [7, 11) is 1.49. The van der Waals surface area contributed by atoms with E-state index < -0.39 is 11.8 Å². The van der Waals surface area contributed by atoms with Crippen molar-refractivity contribution in [1.82, 2.24) is 4.98 Å². The molecular weight excluding hydrogens is 360 g/mol. The van der Waals surface area contributed by atoms with Crippen LogP contribution in [0.3, 0.4) is 0 Å². The number of hydrogen-bond donors (Lipinski definition) is 1. The number of aliphatic hydroxyl groups is 1. The number of aliphatic hydroxyl groups excluding tert-OH is 1. The van der Waals surface area contributed by atoms with E-state index in [0.29, 0.717) is 16.5 Å². The van der Waals surface area contributed by atoms with Crippen molar-refractivity contribution in [2.75, 3.05) is 16.9 Å². The van der Waals surface area contributed by atoms with Crippen molar-refractivity contribution in [3.05, 3.63) is 47.8 Å². The van der Waals surface area contributed by atoms with E-state index in [-0.39, 0.29) is 5.69 Å². The van der Waals surface area contributed by atoms with Gasteiger partial charge in [-0.3, -0.25) is 4.90 Å². The van der Waals surface area contributed by atoms with Crippen molar-refractivity contribution in [1.29, 1.82) is 5.26 Å². The van der Waals surface area contributed by atoms with E-state index in [1.165, 1.54) is 12.7 Å². The summed E-state index contributed by atoms with van der Waals surface area (Å²) in [6, 6.07) is 11.9. The summed E-state index contributed by atoms with van der Waals surface area (Å²) in [4.78, 5) is 7.95. The first-order valence-electron chi connectivity index (χ1n) is 8.84. The third-order valence-electron chi connectivity index (χ3n) is 5.52. The highest BCUT2D eigenvalue weighted by Crippen LogP contribution is 2.50. The lowest BCUT2D eigenvalue weighted by Crippen LogP contribution is -2.57. The molecule has 1 saturated heterocycles. The molecule has 1 aromatic carbocycles. The molecule has 1 spiro atoms. The Morgan fingerprint density at radius 1 is 1.30 bits per heavy atom. The Balaban J connectivity index is 1.78. The molecule has 2 aliphatic rings. The number of methoxy groups -OCH3 is 1. The van der Waals surface area contributed by atoms with Gasteiger partial charge in [0, 0.05) is 11.8 Å². The van der Waals surface area contributed by atoms with Gasteiger partial charge in [-0.25, -0.2) is 4.98 Å². The summed E-state index contributed by atoms with van der Waals surface area (Å²) in [6.07, 6.45) is 3.53. The molecule has 1 saturated carbocycles. The Morgan fingerprint density at radius 2 is 2.00 bits per heavy atom. The zero-order chi connectivity index (χ0) is 19.2. The maximum absolute atomic E-state index is 11.2. The number of pyridine rings is 1. The van der Waals surface area contributed by atoms with Gasteiger partial charge in [0.25, 0.3) is 0 Å². The second-order valence-corrected chi connectivity index (χ2v) is 7.38. The van der Waals surface area contributed by atoms with Crippen LogP contribution in [0.25, 0.3) is 0 Å². The van der Waals surface area contributed by atoms with Gasteiger partial charge in [0.1, 0.15) is 6.07 Å². The molecular formula is C20H20N4O2S. The Morgan fingerprint density at radius 3 is 2.56 bits per heavy atom. The van der Waals surface area contributed by atoms with Crippen LogP contribution < -0.4 is 14.5 Å². The minimum Gasteiger partial charge on any atom is -0.494 e. The predicted octanol–water partition coefficient (Wildman–Crippen LogP) is 3.12. The number of anilines is 2. The first kappa shape index (κ1) is 17.7. The smallest absolute Gasteiger partial charge is 0.183 e. The Bertz CT molecular complexity index is 934. The molecule has 2 heterocycles. The molecule has 1 aliphatic carbocycles. The molecule has 1 N–H and O–H groups in total. The van der Waals surface area contributed by atoms with Gasteiger partial charge in [-0.15, -0.1) is 0 Å². The SMILES string of the molecule is COc1cc(N2C(=S)N(c3ccc(C)cc3)C3(CCC3)C2O)cnc1C#N. The van der Waals surface area contributed by atoms with Crippen LogP contribution in [0, 0.1) is 18.3 Å². The van der Waals surface area contributed by atoms with E-state index in [9.17, 15) is 5.11 Å². The highest BCUT2D eigenvalue weighted by atomic mass is 32.1. The summed E-state index contributed by atoms with van der Waals surface area (Å²) >= 11 is 5.78. The monoisotopic (exact) mass is 380 g/mol. The molecule has 0 amide bonds. The fourth-order valence-corrected chi connectivity index (χ4v) is 4.39. The van der Waals surface area contributed by atoms with E-state index in [1.807, 2.05) is 37.3 Å². The number of aryl methyl sites for hydroxylation is 1. The third-order valence-corrected chi connectivity index (χ3v) is 5.90. The number of ether oxygens (including phenoxy) is 1. The van der Waals surface area contributed by atoms with Gasteiger partial charge in [-0.2, -0.15) is 5.26 Å². The van der Waals surface area contributed by atoms with E-state index in [1.54, 1.807) is 17.2 Å². The number of thiocarbonyl (C=S) groups is 1. The molecule has 2 fully saturated rings. The summed E-state index contributed by atoms with van der Waals surface area (Å²) in [6.45, 7) is 2.04. The van der Waals surface area contributed by atoms with Gasteiger partial charge < -0.3 is 14.7 Å². The van der Waals surface area contributed by atoms with Crippen molar-refractivity contribution >= 4 is 28.7 Å². The standard InChI is InChI=1S/C20H20N4O2S/c1-13-4-6-14(7-5-13)24-19(27)23(18(25)20(24)8-3-9-20)15-10-17(26-2)16(11-21)22-12-15/h4-7,10,12,18,25H,3,8-9H2,1-2H3. The van der Waals surface area contributed by atoms with Crippen LogP contribution in [-0.2, 0) is 0 Å². The number of benzene rings is 1. The van der Waals surface area contributed by atoms with Crippen molar-refractivity contribution in [2.24, 2.45) is 0 Å². The molecule has 138 valence electrons. The molecule has 0 bridgehead atoms. The largest absolute Gasteiger partial charge is 0.494 e. The quantitative estimate of drug-likeness (QED) is 0.820. The van der Waals surface area contributed by atoms with E-state index in [0.717, 1.165) is 24.9 Å². The molecule has 7 heteroatoms. The minimum absolute atomic E-state index is 0.203. The average molecular weight is 380 g/mol. The van der Waals surface area contributed by atoms with Crippen molar-refractivity contribution in [3.8, 4) is 11.8 Å². The molecule has 4 rings (SSSR count). The Hall–Kier alpha value is -2.69. The zero-order valence-electron chi connectivity index (χ0n) is 15.2. The maximum atomic E-state index is 11.2. The van der Waals surface area contributed by atoms with Crippen LogP contribution in [0.1, 0.15) is 30.5 Å². The van der Waals surface area contributed by atoms with Gasteiger partial charge in [0.05, 0.1) is 24.5 Å². The number of nitrogens with zero attached hydrogens (tertiary/aromatic N) is 4. The summed E-state index contributed by atoms with van der Waals surface area (Å²) in [5.41, 5.74) is 2.53. The fraction of sp³-hybridized carbons (Fsp3) is 0.350. The van der Waals surface area contributed by atoms with Gasteiger partial charge in [-0.05, 0) is 50.5 Å². The van der Waals surface area contributed by atoms with Gasteiger partial charge in [0.2, 0.25) is 0 Å². The lowest BCUT2D eigenvalue weighted by molar-refractivity contribution is 0.0596. The second-order valence-electron chi connectivity index (χ2n) is 7.01. The lowest BCUT2D eigenvalue weighted by Gasteiger charge is -2.46. The summed E-state index contributed by atoms with van der Waals surface area (Å²) in [5, 5.41) is 20.9. The predicted molar refractivity (Wildman–Crippen MR) is 107 cm³/mol. The Labute approximate surface area is 163 Å². The molecule has 27 heavy (non-hydrogen) atoms. The van der Waals surface area contributed by atoms with Gasteiger partial charge in [-0.1, -0.05) is 17.7 Å². The van der Waals surface area contributed by atoms with Crippen molar-refractivity contribution < 1.29 is 9.84 Å². The second kappa shape index (κ2) is 6.48. The number of aromatic nitrogens is 1. The molecule has 6 nitrogen and oxygen atoms in total. The maximum Gasteiger partial charge on any atom is 0.183 e. The topological polar surface area (TPSA) is 72.6 Å². The van der Waals surface area contributed by atoms with E-state index in [4.69, 9.17) is 22.2 Å². The fourth-order valence-electron chi connectivity index (χ4n) is 3.90. The molecule has 2 aromatic rings. The van der Waals surface area contributed by atoms with Crippen LogP contribution in [0.4, 0.5) is 11.4 Å². The molecule has 1 unspecified atom stereocenters. The van der Waals surface area contributed by atoms with Gasteiger partial charge in [0.15, 0.2) is 22.8 Å². The zero-order valence-corrected chi connectivity index (χ0v) is 16.0. The molecule has 1 aromatic heterocycles. The number of hydrogen-bond acceptors (Lipinski definition) is 5. The van der Waals surface area contributed by atoms with Crippen LogP contribution in [-0.4, -0.2) is 34.1 Å². The van der Waals surface area contributed by atoms with Crippen molar-refractivity contribution in [3.63, 3.8) is 0 Å². The highest BCUT2D eigenvalue weighted by Gasteiger charge is 2.59. The normalized spacial score (nSPS) is 20.5. The minimum atomic E-state index is -0.792. The first-order chi connectivity index (χ1) is 13.0. The summed E-state index contributed by atoms with van der Waals surface area (Å²) in [5.74, 6) is 0.362. The van der Waals surface area contributed by atoms with Crippen LogP contribution in [0.5, 0.6) is 5.75 Å². The van der Waals surface area contributed by atoms with Crippen LogP contribution in [0.15, 0.2) is 36.5 Å². The van der Waals surface area contributed by atoms with Crippen LogP contribution >= 0.6 is 12.2 Å². The van der Waals surface area contributed by atoms with E-state index in [2.05, 4.69) is 9.88 Å². The van der Waals surface area contributed by atoms with Gasteiger partial charge >= 0.3 is 0 Å². The number of rotatable bonds is 3.